The zero-order chi connectivity index (χ0) is 23.9. The average molecular weight is 466 g/mol. The molecular formula is C25H20ClNO6. The fourth-order valence-electron chi connectivity index (χ4n) is 3.84. The first-order chi connectivity index (χ1) is 15.7. The molecule has 3 N–H and O–H groups in total. The predicted molar refractivity (Wildman–Crippen MR) is 124 cm³/mol. The highest BCUT2D eigenvalue weighted by molar-refractivity contribution is 6.52. The summed E-state index contributed by atoms with van der Waals surface area (Å²) in [6, 6.07) is 14.0. The number of ether oxygens (including phenoxy) is 1. The van der Waals surface area contributed by atoms with Crippen LogP contribution in [0.2, 0.25) is 5.02 Å². The van der Waals surface area contributed by atoms with Crippen molar-refractivity contribution in [3.05, 3.63) is 87.9 Å². The van der Waals surface area contributed by atoms with E-state index in [2.05, 4.69) is 0 Å². The maximum Gasteiger partial charge on any atom is 0.300 e. The van der Waals surface area contributed by atoms with Crippen LogP contribution in [-0.4, -0.2) is 34.1 Å². The number of ketones is 1. The van der Waals surface area contributed by atoms with Crippen LogP contribution >= 0.6 is 11.6 Å². The third kappa shape index (κ3) is 3.87. The number of hydrogen-bond acceptors (Lipinski definition) is 6. The Labute approximate surface area is 194 Å². The summed E-state index contributed by atoms with van der Waals surface area (Å²) in [6.07, 6.45) is 0. The van der Waals surface area contributed by atoms with Gasteiger partial charge < -0.3 is 20.1 Å². The Morgan fingerprint density at radius 2 is 1.70 bits per heavy atom. The van der Waals surface area contributed by atoms with Gasteiger partial charge in [-0.1, -0.05) is 29.8 Å². The standard InChI is InChI=1S/C25H20ClNO6/c1-13-3-10-20(29)19(11-13)27-22(14-4-6-15(28)7-5-14)21(24(31)25(27)32)23(30)17-12-16(33-2)8-9-18(17)26/h3-12,22,28-30H,1-2H3/b23-21+. The van der Waals surface area contributed by atoms with Crippen LogP contribution < -0.4 is 9.64 Å². The highest BCUT2D eigenvalue weighted by atomic mass is 35.5. The van der Waals surface area contributed by atoms with Crippen LogP contribution in [0.25, 0.3) is 5.76 Å². The zero-order valence-electron chi connectivity index (χ0n) is 17.7. The summed E-state index contributed by atoms with van der Waals surface area (Å²) in [5, 5.41) is 31.6. The number of Topliss-reactive ketones (excluding diaryl/α,β-unsaturated/α-hetero) is 1. The number of amides is 1. The second-order valence-corrected chi connectivity index (χ2v) is 8.01. The number of phenols is 2. The summed E-state index contributed by atoms with van der Waals surface area (Å²) >= 11 is 6.29. The minimum atomic E-state index is -1.08. The monoisotopic (exact) mass is 465 g/mol. The molecule has 1 atom stereocenters. The molecule has 0 saturated carbocycles. The molecule has 0 aromatic heterocycles. The van der Waals surface area contributed by atoms with Gasteiger partial charge in [-0.15, -0.1) is 0 Å². The lowest BCUT2D eigenvalue weighted by atomic mass is 9.95. The summed E-state index contributed by atoms with van der Waals surface area (Å²) in [5.41, 5.74) is 1.22. The van der Waals surface area contributed by atoms with E-state index >= 15 is 0 Å². The number of aryl methyl sites for hydroxylation is 1. The maximum atomic E-state index is 13.2. The molecule has 0 radical (unpaired) electrons. The Bertz CT molecular complexity index is 1300. The topological polar surface area (TPSA) is 107 Å². The highest BCUT2D eigenvalue weighted by Gasteiger charge is 2.48. The van der Waals surface area contributed by atoms with Crippen molar-refractivity contribution in [2.75, 3.05) is 12.0 Å². The molecule has 1 heterocycles. The molecule has 0 aliphatic carbocycles. The minimum Gasteiger partial charge on any atom is -0.508 e. The number of methoxy groups -OCH3 is 1. The van der Waals surface area contributed by atoms with Crippen LogP contribution in [0.4, 0.5) is 5.69 Å². The number of halogens is 1. The third-order valence-corrected chi connectivity index (χ3v) is 5.80. The van der Waals surface area contributed by atoms with Gasteiger partial charge in [0.2, 0.25) is 0 Å². The van der Waals surface area contributed by atoms with E-state index in [1.807, 2.05) is 0 Å². The number of hydrogen-bond donors (Lipinski definition) is 3. The van der Waals surface area contributed by atoms with Crippen molar-refractivity contribution in [1.82, 2.24) is 0 Å². The minimum absolute atomic E-state index is 0.00931. The molecule has 1 saturated heterocycles. The summed E-state index contributed by atoms with van der Waals surface area (Å²) < 4.78 is 5.20. The van der Waals surface area contributed by atoms with Crippen molar-refractivity contribution in [2.24, 2.45) is 0 Å². The Morgan fingerprint density at radius 3 is 2.36 bits per heavy atom. The van der Waals surface area contributed by atoms with E-state index in [4.69, 9.17) is 16.3 Å². The van der Waals surface area contributed by atoms with Crippen molar-refractivity contribution >= 4 is 34.7 Å². The normalized spacial score (nSPS) is 17.4. The maximum absolute atomic E-state index is 13.2. The molecule has 4 rings (SSSR count). The molecule has 3 aromatic carbocycles. The van der Waals surface area contributed by atoms with Gasteiger partial charge in [-0.3, -0.25) is 14.5 Å². The van der Waals surface area contributed by atoms with E-state index in [-0.39, 0.29) is 33.3 Å². The quantitative estimate of drug-likeness (QED) is 0.293. The number of rotatable bonds is 4. The second-order valence-electron chi connectivity index (χ2n) is 7.60. The van der Waals surface area contributed by atoms with Gasteiger partial charge in [0.25, 0.3) is 11.7 Å². The van der Waals surface area contributed by atoms with Crippen LogP contribution in [0.5, 0.6) is 17.2 Å². The first-order valence-corrected chi connectivity index (χ1v) is 10.3. The number of aliphatic hydroxyl groups excluding tert-OH is 1. The summed E-state index contributed by atoms with van der Waals surface area (Å²) in [4.78, 5) is 27.5. The molecule has 3 aromatic rings. The lowest BCUT2D eigenvalue weighted by Crippen LogP contribution is -2.29. The number of aliphatic hydroxyl groups is 1. The van der Waals surface area contributed by atoms with Gasteiger partial charge in [-0.05, 0) is 60.5 Å². The molecule has 0 bridgehead atoms. The van der Waals surface area contributed by atoms with Gasteiger partial charge in [0.1, 0.15) is 23.0 Å². The summed E-state index contributed by atoms with van der Waals surface area (Å²) in [7, 11) is 1.45. The van der Waals surface area contributed by atoms with Gasteiger partial charge >= 0.3 is 0 Å². The largest absolute Gasteiger partial charge is 0.508 e. The number of carbonyl (C=O) groups is 2. The first kappa shape index (κ1) is 22.2. The molecule has 8 heteroatoms. The second kappa shape index (κ2) is 8.52. The number of nitrogens with zero attached hydrogens (tertiary/aromatic N) is 1. The Balaban J connectivity index is 2.00. The Hall–Kier alpha value is -3.97. The fraction of sp³-hybridized carbons (Fsp3) is 0.120. The van der Waals surface area contributed by atoms with Crippen molar-refractivity contribution in [1.29, 1.82) is 0 Å². The summed E-state index contributed by atoms with van der Waals surface area (Å²) in [5.74, 6) is -2.16. The first-order valence-electron chi connectivity index (χ1n) is 9.96. The van der Waals surface area contributed by atoms with Crippen molar-refractivity contribution < 1.29 is 29.6 Å². The van der Waals surface area contributed by atoms with Crippen molar-refractivity contribution in [3.8, 4) is 17.2 Å². The number of carbonyl (C=O) groups excluding carboxylic acids is 2. The number of phenolic OH excluding ortho intramolecular Hbond substituents is 2. The molecule has 7 nitrogen and oxygen atoms in total. The lowest BCUT2D eigenvalue weighted by Gasteiger charge is -2.26. The fourth-order valence-corrected chi connectivity index (χ4v) is 4.04. The molecule has 1 amide bonds. The molecule has 1 fully saturated rings. The van der Waals surface area contributed by atoms with Gasteiger partial charge in [-0.25, -0.2) is 0 Å². The molecule has 1 aliphatic heterocycles. The van der Waals surface area contributed by atoms with E-state index in [1.165, 1.54) is 49.6 Å². The molecule has 1 aliphatic rings. The van der Waals surface area contributed by atoms with Crippen LogP contribution in [0.1, 0.15) is 22.7 Å². The average Bonchev–Trinajstić information content (AvgIpc) is 3.06. The van der Waals surface area contributed by atoms with Crippen LogP contribution in [0, 0.1) is 6.92 Å². The van der Waals surface area contributed by atoms with E-state index in [9.17, 15) is 24.9 Å². The molecule has 168 valence electrons. The van der Waals surface area contributed by atoms with E-state index in [0.717, 1.165) is 10.5 Å². The van der Waals surface area contributed by atoms with Crippen molar-refractivity contribution in [3.63, 3.8) is 0 Å². The Morgan fingerprint density at radius 1 is 1.00 bits per heavy atom. The molecule has 33 heavy (non-hydrogen) atoms. The van der Waals surface area contributed by atoms with Gasteiger partial charge in [0, 0.05) is 5.56 Å². The van der Waals surface area contributed by atoms with Gasteiger partial charge in [0.15, 0.2) is 0 Å². The van der Waals surface area contributed by atoms with Crippen LogP contribution in [0.3, 0.4) is 0 Å². The molecule has 0 spiro atoms. The summed E-state index contributed by atoms with van der Waals surface area (Å²) in [6.45, 7) is 1.78. The smallest absolute Gasteiger partial charge is 0.300 e. The van der Waals surface area contributed by atoms with Crippen LogP contribution in [0.15, 0.2) is 66.2 Å². The van der Waals surface area contributed by atoms with E-state index in [0.29, 0.717) is 11.3 Å². The Kier molecular flexibility index (Phi) is 5.74. The highest BCUT2D eigenvalue weighted by Crippen LogP contribution is 2.46. The molecule has 1 unspecified atom stereocenters. The predicted octanol–water partition coefficient (Wildman–Crippen LogP) is 4.69. The van der Waals surface area contributed by atoms with E-state index < -0.39 is 23.5 Å². The van der Waals surface area contributed by atoms with Gasteiger partial charge in [0.05, 0.1) is 29.4 Å². The SMILES string of the molecule is COc1ccc(Cl)c(/C(O)=C2\C(=O)C(=O)N(c3cc(C)ccc3O)C2c2ccc(O)cc2)c1. The van der Waals surface area contributed by atoms with Crippen molar-refractivity contribution in [2.45, 2.75) is 13.0 Å². The van der Waals surface area contributed by atoms with Crippen LogP contribution in [-0.2, 0) is 9.59 Å². The number of aromatic hydroxyl groups is 2. The number of anilines is 1. The lowest BCUT2D eigenvalue weighted by molar-refractivity contribution is -0.132. The van der Waals surface area contributed by atoms with E-state index in [1.54, 1.807) is 25.1 Å². The number of benzene rings is 3. The molecular weight excluding hydrogens is 446 g/mol. The zero-order valence-corrected chi connectivity index (χ0v) is 18.5. The third-order valence-electron chi connectivity index (χ3n) is 5.47. The van der Waals surface area contributed by atoms with Gasteiger partial charge in [-0.2, -0.15) is 0 Å².